The van der Waals surface area contributed by atoms with Crippen molar-refractivity contribution in [3.63, 3.8) is 0 Å². The molecule has 0 N–H and O–H groups in total. The van der Waals surface area contributed by atoms with Crippen LogP contribution in [0.1, 0.15) is 86.8 Å². The van der Waals surface area contributed by atoms with Gasteiger partial charge in [-0.3, -0.25) is 0 Å². The summed E-state index contributed by atoms with van der Waals surface area (Å²) < 4.78 is 62.0. The Labute approximate surface area is 193 Å². The summed E-state index contributed by atoms with van der Waals surface area (Å²) in [5, 5.41) is 0. The van der Waals surface area contributed by atoms with Gasteiger partial charge in [0.15, 0.2) is 11.6 Å². The molecule has 0 heterocycles. The Morgan fingerprint density at radius 2 is 1.33 bits per heavy atom. The van der Waals surface area contributed by atoms with Gasteiger partial charge < -0.3 is 4.74 Å². The maximum Gasteiger partial charge on any atom is 0.358 e. The number of hydrogen-bond acceptors (Lipinski definition) is 1. The molecule has 4 rings (SSSR count). The summed E-state index contributed by atoms with van der Waals surface area (Å²) in [4.78, 5) is 0. The molecule has 33 heavy (non-hydrogen) atoms. The Kier molecular flexibility index (Phi) is 7.58. The van der Waals surface area contributed by atoms with Crippen LogP contribution in [0, 0.1) is 17.6 Å². The van der Waals surface area contributed by atoms with Gasteiger partial charge in [-0.1, -0.05) is 42.5 Å². The fourth-order valence-corrected chi connectivity index (χ4v) is 5.43. The highest BCUT2D eigenvalue weighted by molar-refractivity contribution is 5.49. The molecule has 2 saturated carbocycles. The third kappa shape index (κ3) is 5.87. The van der Waals surface area contributed by atoms with Crippen LogP contribution in [-0.4, -0.2) is 12.2 Å². The zero-order valence-corrected chi connectivity index (χ0v) is 19.1. The molecule has 0 radical (unpaired) electrons. The van der Waals surface area contributed by atoms with E-state index in [4.69, 9.17) is 4.74 Å². The summed E-state index contributed by atoms with van der Waals surface area (Å²) in [6.07, 6.45) is 5.13. The molecule has 0 atom stereocenters. The molecule has 178 valence electrons. The average molecular weight is 461 g/mol. The van der Waals surface area contributed by atoms with Crippen LogP contribution >= 0.6 is 0 Å². The van der Waals surface area contributed by atoms with Crippen LogP contribution in [0.4, 0.5) is 17.6 Å². The zero-order chi connectivity index (χ0) is 23.4. The summed E-state index contributed by atoms with van der Waals surface area (Å²) in [7, 11) is 0. The van der Waals surface area contributed by atoms with Crippen molar-refractivity contribution in [2.45, 2.75) is 82.3 Å². The van der Waals surface area contributed by atoms with Gasteiger partial charge in [-0.05, 0) is 98.9 Å². The molecular formula is C28H32F4O. The van der Waals surface area contributed by atoms with Gasteiger partial charge in [0.1, 0.15) is 0 Å². The van der Waals surface area contributed by atoms with E-state index in [-0.39, 0.29) is 5.92 Å². The van der Waals surface area contributed by atoms with E-state index in [1.807, 2.05) is 19.1 Å². The van der Waals surface area contributed by atoms with Gasteiger partial charge >= 0.3 is 6.11 Å². The van der Waals surface area contributed by atoms with Crippen molar-refractivity contribution in [1.82, 2.24) is 0 Å². The zero-order valence-electron chi connectivity index (χ0n) is 19.1. The van der Waals surface area contributed by atoms with E-state index in [0.717, 1.165) is 30.0 Å². The number of hydrogen-bond donors (Lipinski definition) is 0. The second kappa shape index (κ2) is 10.4. The fourth-order valence-electron chi connectivity index (χ4n) is 5.43. The molecule has 0 saturated heterocycles. The third-order valence-corrected chi connectivity index (χ3v) is 7.38. The Bertz CT molecular complexity index is 937. The van der Waals surface area contributed by atoms with E-state index >= 15 is 0 Å². The van der Waals surface area contributed by atoms with E-state index in [9.17, 15) is 17.6 Å². The highest BCUT2D eigenvalue weighted by atomic mass is 19.3. The molecule has 2 fully saturated rings. The lowest BCUT2D eigenvalue weighted by molar-refractivity contribution is -0.300. The van der Waals surface area contributed by atoms with Crippen molar-refractivity contribution in [3.05, 3.63) is 76.9 Å². The van der Waals surface area contributed by atoms with Gasteiger partial charge in [0.2, 0.25) is 0 Å². The Morgan fingerprint density at radius 3 is 1.94 bits per heavy atom. The smallest absolute Gasteiger partial charge is 0.317 e. The highest BCUT2D eigenvalue weighted by Gasteiger charge is 2.45. The number of rotatable bonds is 6. The van der Waals surface area contributed by atoms with Crippen molar-refractivity contribution in [2.24, 2.45) is 5.92 Å². The van der Waals surface area contributed by atoms with Gasteiger partial charge in [0, 0.05) is 0 Å². The highest BCUT2D eigenvalue weighted by Crippen LogP contribution is 2.45. The van der Waals surface area contributed by atoms with Crippen LogP contribution in [0.2, 0.25) is 0 Å². The van der Waals surface area contributed by atoms with Crippen molar-refractivity contribution in [2.75, 3.05) is 0 Å². The molecule has 2 aliphatic carbocycles. The quantitative estimate of drug-likeness (QED) is 0.392. The SMILES string of the molecule is C/C=C/c1ccc(C2CCC(C(F)(F)OC3CCC(c4ccc(F)c(F)c4)CC3)CC2)cc1. The number of halogens is 4. The molecular weight excluding hydrogens is 428 g/mol. The van der Waals surface area contributed by atoms with E-state index in [1.54, 1.807) is 6.07 Å². The second-order valence-corrected chi connectivity index (χ2v) is 9.54. The number of benzene rings is 2. The summed E-state index contributed by atoms with van der Waals surface area (Å²) >= 11 is 0. The van der Waals surface area contributed by atoms with Crippen LogP contribution in [0.3, 0.4) is 0 Å². The average Bonchev–Trinajstić information content (AvgIpc) is 2.82. The molecule has 1 nitrogen and oxygen atoms in total. The lowest BCUT2D eigenvalue weighted by Gasteiger charge is -2.37. The van der Waals surface area contributed by atoms with Crippen LogP contribution in [-0.2, 0) is 4.74 Å². The molecule has 0 unspecified atom stereocenters. The molecule has 5 heteroatoms. The van der Waals surface area contributed by atoms with Crippen LogP contribution in [0.25, 0.3) is 6.08 Å². The molecule has 0 aromatic heterocycles. The first-order valence-electron chi connectivity index (χ1n) is 12.1. The summed E-state index contributed by atoms with van der Waals surface area (Å²) in [5.41, 5.74) is 3.10. The van der Waals surface area contributed by atoms with E-state index in [0.29, 0.717) is 44.4 Å². The molecule has 0 amide bonds. The summed E-state index contributed by atoms with van der Waals surface area (Å²) in [5.74, 6) is -2.09. The van der Waals surface area contributed by atoms with Crippen LogP contribution in [0.5, 0.6) is 0 Å². The first-order valence-corrected chi connectivity index (χ1v) is 12.1. The van der Waals surface area contributed by atoms with E-state index < -0.39 is 29.8 Å². The second-order valence-electron chi connectivity index (χ2n) is 9.54. The van der Waals surface area contributed by atoms with E-state index in [1.165, 1.54) is 11.6 Å². The van der Waals surface area contributed by atoms with Gasteiger partial charge in [-0.15, -0.1) is 0 Å². The van der Waals surface area contributed by atoms with Crippen LogP contribution in [0.15, 0.2) is 48.5 Å². The minimum Gasteiger partial charge on any atom is -0.317 e. The Hall–Kier alpha value is -2.14. The molecule has 0 aliphatic heterocycles. The predicted octanol–water partition coefficient (Wildman–Crippen LogP) is 8.61. The summed E-state index contributed by atoms with van der Waals surface area (Å²) in [6.45, 7) is 1.98. The minimum atomic E-state index is -3.12. The fraction of sp³-hybridized carbons (Fsp3) is 0.500. The van der Waals surface area contributed by atoms with Gasteiger partial charge in [0.05, 0.1) is 12.0 Å². The third-order valence-electron chi connectivity index (χ3n) is 7.38. The van der Waals surface area contributed by atoms with Crippen molar-refractivity contribution in [3.8, 4) is 0 Å². The molecule has 2 aromatic rings. The van der Waals surface area contributed by atoms with Crippen molar-refractivity contribution in [1.29, 1.82) is 0 Å². The molecule has 0 spiro atoms. The normalized spacial score (nSPS) is 26.6. The lowest BCUT2D eigenvalue weighted by Crippen LogP contribution is -2.38. The lowest BCUT2D eigenvalue weighted by atomic mass is 9.78. The summed E-state index contributed by atoms with van der Waals surface area (Å²) in [6, 6.07) is 12.3. The minimum absolute atomic E-state index is 0.0585. The molecule has 2 aliphatic rings. The number of allylic oxidation sites excluding steroid dienone is 1. The first kappa shape index (κ1) is 24.0. The van der Waals surface area contributed by atoms with E-state index in [2.05, 4.69) is 24.3 Å². The molecule has 2 aromatic carbocycles. The van der Waals surface area contributed by atoms with Crippen molar-refractivity contribution >= 4 is 6.08 Å². The van der Waals surface area contributed by atoms with Gasteiger partial charge in [-0.25, -0.2) is 8.78 Å². The predicted molar refractivity (Wildman–Crippen MR) is 123 cm³/mol. The number of ether oxygens (including phenoxy) is 1. The monoisotopic (exact) mass is 460 g/mol. The molecule has 0 bridgehead atoms. The maximum absolute atomic E-state index is 15.0. The Balaban J connectivity index is 1.26. The largest absolute Gasteiger partial charge is 0.358 e. The standard InChI is InChI=1S/C28H32F4O/c1-2-3-19-4-6-20(7-5-19)21-8-13-24(14-9-21)28(31,32)33-25-15-10-22(11-16-25)23-12-17-26(29)27(30)18-23/h2-7,12,17-18,21-22,24-25H,8-11,13-16H2,1H3/b3-2+. The van der Waals surface area contributed by atoms with Gasteiger partial charge in [0.25, 0.3) is 0 Å². The van der Waals surface area contributed by atoms with Gasteiger partial charge in [-0.2, -0.15) is 8.78 Å². The first-order chi connectivity index (χ1) is 15.9. The van der Waals surface area contributed by atoms with Crippen LogP contribution < -0.4 is 0 Å². The topological polar surface area (TPSA) is 9.23 Å². The Morgan fingerprint density at radius 1 is 0.758 bits per heavy atom. The number of alkyl halides is 2. The van der Waals surface area contributed by atoms with Crippen molar-refractivity contribution < 1.29 is 22.3 Å². The maximum atomic E-state index is 15.0.